The molecule has 0 fully saturated rings. The van der Waals surface area contributed by atoms with Gasteiger partial charge in [-0.2, -0.15) is 0 Å². The minimum Gasteiger partial charge on any atom is -0.483 e. The normalized spacial score (nSPS) is 10.5. The molecule has 7 heteroatoms. The van der Waals surface area contributed by atoms with Gasteiger partial charge in [-0.3, -0.25) is 10.1 Å². The highest BCUT2D eigenvalue weighted by Gasteiger charge is 2.12. The second-order valence-electron chi connectivity index (χ2n) is 5.25. The monoisotopic (exact) mass is 355 g/mol. The molecule has 1 heterocycles. The molecule has 3 aromatic rings. The summed E-state index contributed by atoms with van der Waals surface area (Å²) in [5.41, 5.74) is 1.76. The average Bonchev–Trinajstić information content (AvgIpc) is 3.09. The fourth-order valence-electron chi connectivity index (χ4n) is 2.16. The summed E-state index contributed by atoms with van der Waals surface area (Å²) in [7, 11) is 0. The summed E-state index contributed by atoms with van der Waals surface area (Å²) in [4.78, 5) is 13.1. The molecule has 0 aliphatic heterocycles. The molecular weight excluding hydrogens is 338 g/mol. The zero-order valence-electron chi connectivity index (χ0n) is 13.9. The molecule has 1 N–H and O–H groups in total. The van der Waals surface area contributed by atoms with Crippen molar-refractivity contribution in [1.82, 2.24) is 10.2 Å². The number of hydrogen-bond acceptors (Lipinski definition) is 6. The molecule has 0 bridgehead atoms. The van der Waals surface area contributed by atoms with Crippen molar-refractivity contribution in [3.8, 4) is 17.2 Å². The Bertz CT molecular complexity index is 879. The summed E-state index contributed by atoms with van der Waals surface area (Å²) in [6.45, 7) is 1.78. The standard InChI is InChI=1S/C18H17N3O3S/c1-12-6-3-4-9-15(12)23-11-16(22)19-18-21-20-17(24-18)13-7-5-8-14(10-13)25-2/h3-10H,11H2,1-2H3,(H,19,21,22). The quantitative estimate of drug-likeness (QED) is 0.678. The molecule has 3 rings (SSSR count). The Morgan fingerprint density at radius 3 is 2.84 bits per heavy atom. The summed E-state index contributed by atoms with van der Waals surface area (Å²) in [6.07, 6.45) is 1.99. The number of aromatic nitrogens is 2. The van der Waals surface area contributed by atoms with Crippen LogP contribution in [0.1, 0.15) is 5.56 Å². The van der Waals surface area contributed by atoms with Crippen molar-refractivity contribution in [3.05, 3.63) is 54.1 Å². The summed E-state index contributed by atoms with van der Waals surface area (Å²) in [6, 6.07) is 15.3. The molecule has 0 spiro atoms. The van der Waals surface area contributed by atoms with Crippen molar-refractivity contribution < 1.29 is 13.9 Å². The van der Waals surface area contributed by atoms with E-state index >= 15 is 0 Å². The molecule has 0 atom stereocenters. The first-order valence-corrected chi connectivity index (χ1v) is 8.84. The number of anilines is 1. The molecule has 0 unspecified atom stereocenters. The number of aryl methyl sites for hydroxylation is 1. The highest BCUT2D eigenvalue weighted by molar-refractivity contribution is 7.98. The van der Waals surface area contributed by atoms with E-state index in [-0.39, 0.29) is 18.5 Å². The minimum absolute atomic E-state index is 0.0444. The van der Waals surface area contributed by atoms with Crippen LogP contribution in [0.25, 0.3) is 11.5 Å². The number of amides is 1. The van der Waals surface area contributed by atoms with Gasteiger partial charge in [-0.25, -0.2) is 0 Å². The number of carbonyl (C=O) groups excluding carboxylic acids is 1. The van der Waals surface area contributed by atoms with Gasteiger partial charge in [-0.15, -0.1) is 16.9 Å². The van der Waals surface area contributed by atoms with Gasteiger partial charge in [-0.05, 0) is 43.0 Å². The molecule has 25 heavy (non-hydrogen) atoms. The number of benzene rings is 2. The maximum Gasteiger partial charge on any atom is 0.322 e. The Balaban J connectivity index is 1.61. The fourth-order valence-corrected chi connectivity index (χ4v) is 2.62. The number of thioether (sulfide) groups is 1. The van der Waals surface area contributed by atoms with Crippen LogP contribution in [0.4, 0.5) is 6.01 Å². The highest BCUT2D eigenvalue weighted by Crippen LogP contribution is 2.24. The van der Waals surface area contributed by atoms with E-state index in [1.807, 2.05) is 61.7 Å². The van der Waals surface area contributed by atoms with Crippen molar-refractivity contribution in [2.45, 2.75) is 11.8 Å². The van der Waals surface area contributed by atoms with Crippen LogP contribution < -0.4 is 10.1 Å². The smallest absolute Gasteiger partial charge is 0.322 e. The predicted octanol–water partition coefficient (Wildman–Crippen LogP) is 3.78. The summed E-state index contributed by atoms with van der Waals surface area (Å²) >= 11 is 1.62. The van der Waals surface area contributed by atoms with Crippen LogP contribution in [-0.2, 0) is 4.79 Å². The lowest BCUT2D eigenvalue weighted by Crippen LogP contribution is -2.20. The molecule has 0 aliphatic carbocycles. The molecule has 0 radical (unpaired) electrons. The van der Waals surface area contributed by atoms with E-state index in [0.29, 0.717) is 11.6 Å². The van der Waals surface area contributed by atoms with Crippen LogP contribution in [0.3, 0.4) is 0 Å². The van der Waals surface area contributed by atoms with Crippen LogP contribution >= 0.6 is 11.8 Å². The number of para-hydroxylation sites is 1. The molecular formula is C18H17N3O3S. The van der Waals surface area contributed by atoms with Crippen LogP contribution in [0.15, 0.2) is 57.8 Å². The first-order valence-electron chi connectivity index (χ1n) is 7.62. The van der Waals surface area contributed by atoms with Crippen molar-refractivity contribution in [3.63, 3.8) is 0 Å². The maximum atomic E-state index is 12.0. The number of rotatable bonds is 6. The first kappa shape index (κ1) is 17.0. The van der Waals surface area contributed by atoms with E-state index in [9.17, 15) is 4.79 Å². The van der Waals surface area contributed by atoms with E-state index in [0.717, 1.165) is 16.0 Å². The van der Waals surface area contributed by atoms with Gasteiger partial charge in [0, 0.05) is 10.5 Å². The summed E-state index contributed by atoms with van der Waals surface area (Å²) < 4.78 is 11.0. The number of hydrogen-bond donors (Lipinski definition) is 1. The SMILES string of the molecule is CSc1cccc(-c2nnc(NC(=O)COc3ccccc3C)o2)c1. The average molecular weight is 355 g/mol. The van der Waals surface area contributed by atoms with E-state index in [1.54, 1.807) is 11.8 Å². The zero-order valence-corrected chi connectivity index (χ0v) is 14.7. The van der Waals surface area contributed by atoms with E-state index in [2.05, 4.69) is 15.5 Å². The van der Waals surface area contributed by atoms with Crippen molar-refractivity contribution in [2.75, 3.05) is 18.2 Å². The zero-order chi connectivity index (χ0) is 17.6. The van der Waals surface area contributed by atoms with Crippen molar-refractivity contribution in [2.24, 2.45) is 0 Å². The van der Waals surface area contributed by atoms with Gasteiger partial charge in [0.25, 0.3) is 5.91 Å². The van der Waals surface area contributed by atoms with Gasteiger partial charge in [-0.1, -0.05) is 29.4 Å². The number of nitrogens with one attached hydrogen (secondary N) is 1. The Hall–Kier alpha value is -2.80. The Kier molecular flexibility index (Phi) is 5.35. The molecule has 0 aliphatic rings. The molecule has 0 saturated heterocycles. The lowest BCUT2D eigenvalue weighted by molar-refractivity contribution is -0.118. The van der Waals surface area contributed by atoms with E-state index in [4.69, 9.17) is 9.15 Å². The highest BCUT2D eigenvalue weighted by atomic mass is 32.2. The molecule has 0 saturated carbocycles. The van der Waals surface area contributed by atoms with Crippen LogP contribution in [0.2, 0.25) is 0 Å². The Labute approximate surface area is 149 Å². The summed E-state index contributed by atoms with van der Waals surface area (Å²) in [5, 5.41) is 10.4. The van der Waals surface area contributed by atoms with Crippen LogP contribution in [0.5, 0.6) is 5.75 Å². The lowest BCUT2D eigenvalue weighted by atomic mass is 10.2. The second kappa shape index (κ2) is 7.85. The largest absolute Gasteiger partial charge is 0.483 e. The lowest BCUT2D eigenvalue weighted by Gasteiger charge is -2.07. The predicted molar refractivity (Wildman–Crippen MR) is 96.8 cm³/mol. The van der Waals surface area contributed by atoms with Gasteiger partial charge in [0.2, 0.25) is 5.89 Å². The molecule has 2 aromatic carbocycles. The topological polar surface area (TPSA) is 77.2 Å². The molecule has 128 valence electrons. The number of nitrogens with zero attached hydrogens (tertiary/aromatic N) is 2. The van der Waals surface area contributed by atoms with Crippen LogP contribution in [0, 0.1) is 6.92 Å². The molecule has 6 nitrogen and oxygen atoms in total. The maximum absolute atomic E-state index is 12.0. The van der Waals surface area contributed by atoms with Crippen LogP contribution in [-0.4, -0.2) is 29.0 Å². The first-order chi connectivity index (χ1) is 12.2. The van der Waals surface area contributed by atoms with Gasteiger partial charge in [0.15, 0.2) is 6.61 Å². The third-order valence-electron chi connectivity index (χ3n) is 3.44. The Morgan fingerprint density at radius 2 is 2.04 bits per heavy atom. The van der Waals surface area contributed by atoms with Gasteiger partial charge in [0.1, 0.15) is 5.75 Å². The number of carbonyl (C=O) groups is 1. The third kappa shape index (κ3) is 4.39. The van der Waals surface area contributed by atoms with E-state index < -0.39 is 0 Å². The summed E-state index contributed by atoms with van der Waals surface area (Å²) in [5.74, 6) is 0.653. The Morgan fingerprint density at radius 1 is 1.20 bits per heavy atom. The fraction of sp³-hybridized carbons (Fsp3) is 0.167. The van der Waals surface area contributed by atoms with Gasteiger partial charge in [0.05, 0.1) is 0 Å². The van der Waals surface area contributed by atoms with Crippen molar-refractivity contribution in [1.29, 1.82) is 0 Å². The second-order valence-corrected chi connectivity index (χ2v) is 6.13. The van der Waals surface area contributed by atoms with Crippen molar-refractivity contribution >= 4 is 23.7 Å². The minimum atomic E-state index is -0.365. The molecule has 1 amide bonds. The third-order valence-corrected chi connectivity index (χ3v) is 4.17. The number of ether oxygens (including phenoxy) is 1. The van der Waals surface area contributed by atoms with E-state index in [1.165, 1.54) is 0 Å². The van der Waals surface area contributed by atoms with Gasteiger partial charge >= 0.3 is 6.01 Å². The molecule has 1 aromatic heterocycles. The van der Waals surface area contributed by atoms with Gasteiger partial charge < -0.3 is 9.15 Å².